The van der Waals surface area contributed by atoms with Crippen LogP contribution in [0.5, 0.6) is 0 Å². The fourth-order valence-electron chi connectivity index (χ4n) is 5.60. The molecule has 4 aliphatic rings. The fourth-order valence-corrected chi connectivity index (χ4v) is 5.60. The molecule has 5 rings (SSSR count). The summed E-state index contributed by atoms with van der Waals surface area (Å²) < 4.78 is 5.58. The Morgan fingerprint density at radius 2 is 2.14 bits per heavy atom. The van der Waals surface area contributed by atoms with E-state index in [0.717, 1.165) is 25.9 Å². The minimum atomic E-state index is -0.0808. The number of carbonyl (C=O) groups is 2. The molecule has 1 spiro atoms. The number of likely N-dealkylation sites (tertiary alicyclic amines) is 2. The van der Waals surface area contributed by atoms with Gasteiger partial charge in [-0.05, 0) is 49.7 Å². The third kappa shape index (κ3) is 3.26. The lowest BCUT2D eigenvalue weighted by molar-refractivity contribution is -0.140. The van der Waals surface area contributed by atoms with Crippen molar-refractivity contribution in [2.24, 2.45) is 11.3 Å². The number of urea groups is 1. The fraction of sp³-hybridized carbons (Fsp3) is 0.667. The van der Waals surface area contributed by atoms with Crippen LogP contribution in [0, 0.1) is 18.3 Å². The minimum Gasteiger partial charge on any atom is -0.366 e. The van der Waals surface area contributed by atoms with E-state index in [4.69, 9.17) is 4.74 Å². The van der Waals surface area contributed by atoms with Gasteiger partial charge in [-0.2, -0.15) is 0 Å². The molecule has 2 atom stereocenters. The number of hydrogen-bond donors (Lipinski definition) is 1. The Balaban J connectivity index is 1.10. The van der Waals surface area contributed by atoms with Gasteiger partial charge in [-0.25, -0.2) is 4.79 Å². The molecule has 4 fully saturated rings. The summed E-state index contributed by atoms with van der Waals surface area (Å²) in [6.07, 6.45) is 8.23. The summed E-state index contributed by atoms with van der Waals surface area (Å²) in [5, 5.41) is 2.97. The van der Waals surface area contributed by atoms with Crippen molar-refractivity contribution in [3.05, 3.63) is 29.6 Å². The third-order valence-corrected chi connectivity index (χ3v) is 6.82. The lowest BCUT2D eigenvalue weighted by atomic mass is 9.56. The Morgan fingerprint density at radius 1 is 1.32 bits per heavy atom. The molecule has 1 aromatic rings. The topological polar surface area (TPSA) is 74.8 Å². The average Bonchev–Trinajstić information content (AvgIpc) is 2.61. The number of amides is 3. The molecule has 7 nitrogen and oxygen atoms in total. The first-order valence-corrected chi connectivity index (χ1v) is 10.4. The molecule has 150 valence electrons. The summed E-state index contributed by atoms with van der Waals surface area (Å²) >= 11 is 0. The van der Waals surface area contributed by atoms with Gasteiger partial charge in [0.2, 0.25) is 5.91 Å². The Bertz CT molecular complexity index is 784. The number of rotatable bonds is 2. The minimum absolute atomic E-state index is 0.0491. The smallest absolute Gasteiger partial charge is 0.320 e. The zero-order valence-electron chi connectivity index (χ0n) is 16.4. The monoisotopic (exact) mass is 384 g/mol. The molecule has 1 N–H and O–H groups in total. The summed E-state index contributed by atoms with van der Waals surface area (Å²) in [5.41, 5.74) is 2.89. The van der Waals surface area contributed by atoms with E-state index < -0.39 is 0 Å². The molecule has 1 saturated carbocycles. The van der Waals surface area contributed by atoms with Crippen molar-refractivity contribution in [1.82, 2.24) is 20.1 Å². The van der Waals surface area contributed by atoms with Crippen molar-refractivity contribution in [1.29, 1.82) is 0 Å². The van der Waals surface area contributed by atoms with Crippen LogP contribution < -0.4 is 5.32 Å². The lowest BCUT2D eigenvalue weighted by Gasteiger charge is -2.60. The van der Waals surface area contributed by atoms with Gasteiger partial charge in [0.15, 0.2) is 0 Å². The summed E-state index contributed by atoms with van der Waals surface area (Å²) in [7, 11) is 0. The van der Waals surface area contributed by atoms with Gasteiger partial charge in [0.25, 0.3) is 0 Å². The highest BCUT2D eigenvalue weighted by Gasteiger charge is 2.54. The maximum Gasteiger partial charge on any atom is 0.320 e. The van der Waals surface area contributed by atoms with Crippen LogP contribution in [0.1, 0.15) is 30.4 Å². The molecular weight excluding hydrogens is 356 g/mol. The van der Waals surface area contributed by atoms with E-state index in [2.05, 4.69) is 23.3 Å². The number of pyridine rings is 1. The number of aromatic nitrogens is 1. The molecule has 0 unspecified atom stereocenters. The standard InChI is InChI=1S/C21H28N4O3/c1-14-4-15(9-22-8-14)5-16-6-21(7-16)12-25(13-21)20(27)24-3-2-18-17(10-24)23-19(26)11-28-18/h4,8-9,16-18H,2-3,5-7,10-13H2,1H3,(H,23,26)/t17-,18+/m1/s1. The Morgan fingerprint density at radius 3 is 2.93 bits per heavy atom. The number of nitrogens with one attached hydrogen (secondary N) is 1. The summed E-state index contributed by atoms with van der Waals surface area (Å²) in [4.78, 5) is 32.6. The number of nitrogens with zero attached hydrogens (tertiary/aromatic N) is 3. The Labute approximate surface area is 165 Å². The molecule has 0 aromatic carbocycles. The molecular formula is C21H28N4O3. The molecule has 3 aliphatic heterocycles. The number of hydrogen-bond acceptors (Lipinski definition) is 4. The number of carbonyl (C=O) groups excluding carboxylic acids is 2. The van der Waals surface area contributed by atoms with E-state index in [-0.39, 0.29) is 30.7 Å². The van der Waals surface area contributed by atoms with E-state index in [1.165, 1.54) is 24.0 Å². The lowest BCUT2D eigenvalue weighted by Crippen LogP contribution is -2.68. The highest BCUT2D eigenvalue weighted by atomic mass is 16.5. The maximum atomic E-state index is 12.9. The second-order valence-electron chi connectivity index (χ2n) is 9.25. The van der Waals surface area contributed by atoms with Crippen molar-refractivity contribution in [3.8, 4) is 0 Å². The van der Waals surface area contributed by atoms with Crippen LogP contribution in [0.15, 0.2) is 18.5 Å². The van der Waals surface area contributed by atoms with Gasteiger partial charge in [0, 0.05) is 44.0 Å². The van der Waals surface area contributed by atoms with Crippen molar-refractivity contribution >= 4 is 11.9 Å². The van der Waals surface area contributed by atoms with Gasteiger partial charge < -0.3 is 19.9 Å². The molecule has 28 heavy (non-hydrogen) atoms. The van der Waals surface area contributed by atoms with Crippen LogP contribution in [0.25, 0.3) is 0 Å². The van der Waals surface area contributed by atoms with E-state index in [1.54, 1.807) is 0 Å². The average molecular weight is 384 g/mol. The highest BCUT2D eigenvalue weighted by molar-refractivity contribution is 5.79. The van der Waals surface area contributed by atoms with Crippen LogP contribution in [-0.2, 0) is 16.0 Å². The molecule has 7 heteroatoms. The summed E-state index contributed by atoms with van der Waals surface area (Å²) in [6.45, 7) is 5.25. The second-order valence-corrected chi connectivity index (χ2v) is 9.25. The Hall–Kier alpha value is -2.15. The number of ether oxygens (including phenoxy) is 1. The van der Waals surface area contributed by atoms with Gasteiger partial charge in [-0.3, -0.25) is 9.78 Å². The van der Waals surface area contributed by atoms with Crippen LogP contribution in [0.3, 0.4) is 0 Å². The number of morpholine rings is 1. The summed E-state index contributed by atoms with van der Waals surface area (Å²) in [5.74, 6) is 0.633. The zero-order chi connectivity index (χ0) is 19.3. The predicted octanol–water partition coefficient (Wildman–Crippen LogP) is 1.35. The van der Waals surface area contributed by atoms with Crippen molar-refractivity contribution < 1.29 is 14.3 Å². The quantitative estimate of drug-likeness (QED) is 0.835. The first-order valence-electron chi connectivity index (χ1n) is 10.4. The van der Waals surface area contributed by atoms with Crippen molar-refractivity contribution in [2.75, 3.05) is 32.8 Å². The van der Waals surface area contributed by atoms with Crippen molar-refractivity contribution in [2.45, 2.75) is 44.8 Å². The van der Waals surface area contributed by atoms with Crippen LogP contribution >= 0.6 is 0 Å². The summed E-state index contributed by atoms with van der Waals surface area (Å²) in [6, 6.07) is 2.28. The van der Waals surface area contributed by atoms with E-state index >= 15 is 0 Å². The van der Waals surface area contributed by atoms with E-state index in [9.17, 15) is 9.59 Å². The van der Waals surface area contributed by atoms with Crippen LogP contribution in [0.4, 0.5) is 4.79 Å². The Kier molecular flexibility index (Phi) is 4.30. The largest absolute Gasteiger partial charge is 0.366 e. The normalized spacial score (nSPS) is 29.0. The van der Waals surface area contributed by atoms with E-state index in [0.29, 0.717) is 24.4 Å². The third-order valence-electron chi connectivity index (χ3n) is 6.82. The molecule has 0 bridgehead atoms. The van der Waals surface area contributed by atoms with Crippen LogP contribution in [-0.4, -0.2) is 71.7 Å². The van der Waals surface area contributed by atoms with Crippen molar-refractivity contribution in [3.63, 3.8) is 0 Å². The first kappa shape index (κ1) is 17.9. The number of aryl methyl sites for hydroxylation is 1. The van der Waals surface area contributed by atoms with Gasteiger partial charge in [0.05, 0.1) is 12.1 Å². The van der Waals surface area contributed by atoms with Gasteiger partial charge >= 0.3 is 6.03 Å². The maximum absolute atomic E-state index is 12.9. The predicted molar refractivity (Wildman–Crippen MR) is 103 cm³/mol. The molecule has 3 saturated heterocycles. The van der Waals surface area contributed by atoms with Crippen LogP contribution in [0.2, 0.25) is 0 Å². The molecule has 3 amide bonds. The molecule has 1 aliphatic carbocycles. The molecule has 1 aromatic heterocycles. The zero-order valence-corrected chi connectivity index (χ0v) is 16.4. The molecule has 4 heterocycles. The first-order chi connectivity index (χ1) is 13.5. The SMILES string of the molecule is Cc1cncc(CC2CC3(C2)CN(C(=O)N2CC[C@@H]4OCC(=O)N[C@@H]4C2)C3)c1. The second kappa shape index (κ2) is 6.72. The molecule has 0 radical (unpaired) electrons. The van der Waals surface area contributed by atoms with Gasteiger partial charge in [0.1, 0.15) is 6.61 Å². The van der Waals surface area contributed by atoms with E-state index in [1.807, 2.05) is 22.2 Å². The van der Waals surface area contributed by atoms with Gasteiger partial charge in [-0.15, -0.1) is 0 Å². The number of piperidine rings is 1. The van der Waals surface area contributed by atoms with Gasteiger partial charge in [-0.1, -0.05) is 6.07 Å². The number of fused-ring (bicyclic) bond motifs is 1. The highest BCUT2D eigenvalue weighted by Crippen LogP contribution is 2.53.